The van der Waals surface area contributed by atoms with Crippen molar-refractivity contribution in [3.8, 4) is 0 Å². The molecule has 0 spiro atoms. The van der Waals surface area contributed by atoms with Crippen LogP contribution in [0.3, 0.4) is 0 Å². The lowest BCUT2D eigenvalue weighted by atomic mass is 9.95. The third-order valence-corrected chi connectivity index (χ3v) is 5.58. The Morgan fingerprint density at radius 3 is 2.45 bits per heavy atom. The molecule has 1 N–H and O–H groups in total. The number of likely N-dealkylation sites (tertiary alicyclic amines) is 1. The number of quaternary nitrogens is 1. The van der Waals surface area contributed by atoms with Crippen LogP contribution in [0.25, 0.3) is 5.76 Å². The Morgan fingerprint density at radius 1 is 1.16 bits per heavy atom. The fraction of sp³-hybridized carbons (Fsp3) is 0.318. The second-order valence-electron chi connectivity index (χ2n) is 7.27. The summed E-state index contributed by atoms with van der Waals surface area (Å²) in [5.74, 6) is -2.21. The molecule has 1 aromatic carbocycles. The van der Waals surface area contributed by atoms with Gasteiger partial charge in [-0.25, -0.2) is 0 Å². The van der Waals surface area contributed by atoms with Gasteiger partial charge >= 0.3 is 0 Å². The molecule has 1 atom stereocenters. The van der Waals surface area contributed by atoms with Crippen molar-refractivity contribution in [3.63, 3.8) is 0 Å². The minimum atomic E-state index is -0.976. The molecule has 0 bridgehead atoms. The topological polar surface area (TPSA) is 121 Å². The van der Waals surface area contributed by atoms with Crippen LogP contribution in [0, 0.1) is 10.1 Å². The van der Waals surface area contributed by atoms with Crippen molar-refractivity contribution in [2.45, 2.75) is 19.9 Å². The zero-order valence-corrected chi connectivity index (χ0v) is 17.4. The highest BCUT2D eigenvalue weighted by Crippen LogP contribution is 2.39. The first-order valence-electron chi connectivity index (χ1n) is 10.1. The van der Waals surface area contributed by atoms with Crippen LogP contribution < -0.4 is 10.0 Å². The molecule has 1 aliphatic rings. The monoisotopic (exact) mass is 424 g/mol. The SMILES string of the molecule is CC[NH+](CC)CCN1C(=O)C(=O)C(=C([O-])c2ccncc2)C1c1cccc([N+](=O)[O-])c1. The van der Waals surface area contributed by atoms with E-state index in [1.807, 2.05) is 13.8 Å². The number of ketones is 1. The van der Waals surface area contributed by atoms with Gasteiger partial charge in [-0.2, -0.15) is 0 Å². The number of nitrogens with zero attached hydrogens (tertiary/aromatic N) is 3. The summed E-state index contributed by atoms with van der Waals surface area (Å²) in [4.78, 5) is 43.0. The third kappa shape index (κ3) is 4.46. The third-order valence-electron chi connectivity index (χ3n) is 5.58. The van der Waals surface area contributed by atoms with Crippen LogP contribution in [0.5, 0.6) is 0 Å². The fourth-order valence-electron chi connectivity index (χ4n) is 3.80. The lowest BCUT2D eigenvalue weighted by Crippen LogP contribution is -3.12. The Bertz CT molecular complexity index is 1020. The second-order valence-corrected chi connectivity index (χ2v) is 7.27. The number of rotatable bonds is 8. The van der Waals surface area contributed by atoms with E-state index in [4.69, 9.17) is 0 Å². The summed E-state index contributed by atoms with van der Waals surface area (Å²) in [6.45, 7) is 6.59. The van der Waals surface area contributed by atoms with E-state index in [0.717, 1.165) is 13.1 Å². The molecule has 0 radical (unpaired) electrons. The van der Waals surface area contributed by atoms with Gasteiger partial charge in [0.15, 0.2) is 0 Å². The summed E-state index contributed by atoms with van der Waals surface area (Å²) in [5, 5.41) is 24.5. The standard InChI is InChI=1S/C22H24N4O5/c1-3-24(4-2)12-13-25-19(16-6-5-7-17(14-16)26(30)31)18(21(28)22(25)29)20(27)15-8-10-23-11-9-15/h5-11,14,19,27H,3-4,12-13H2,1-2H3. The van der Waals surface area contributed by atoms with E-state index >= 15 is 0 Å². The number of carbonyl (C=O) groups excluding carboxylic acids is 2. The van der Waals surface area contributed by atoms with Gasteiger partial charge in [0.2, 0.25) is 5.78 Å². The fourth-order valence-corrected chi connectivity index (χ4v) is 3.80. The smallest absolute Gasteiger partial charge is 0.295 e. The van der Waals surface area contributed by atoms with Gasteiger partial charge in [-0.15, -0.1) is 0 Å². The number of amides is 1. The van der Waals surface area contributed by atoms with Gasteiger partial charge in [0.25, 0.3) is 11.6 Å². The first kappa shape index (κ1) is 22.1. The number of aromatic nitrogens is 1. The molecule has 9 nitrogen and oxygen atoms in total. The predicted octanol–water partition coefficient (Wildman–Crippen LogP) is 0.139. The number of pyridine rings is 1. The van der Waals surface area contributed by atoms with Crippen LogP contribution in [0.4, 0.5) is 5.69 Å². The Morgan fingerprint density at radius 2 is 1.84 bits per heavy atom. The molecule has 1 fully saturated rings. The van der Waals surface area contributed by atoms with Crippen molar-refractivity contribution in [3.05, 3.63) is 75.6 Å². The minimum absolute atomic E-state index is 0.172. The summed E-state index contributed by atoms with van der Waals surface area (Å²) in [6.07, 6.45) is 2.86. The molecule has 2 aromatic rings. The van der Waals surface area contributed by atoms with Crippen molar-refractivity contribution in [1.82, 2.24) is 9.88 Å². The van der Waals surface area contributed by atoms with Crippen LogP contribution in [-0.4, -0.2) is 52.7 Å². The normalized spacial score (nSPS) is 18.0. The van der Waals surface area contributed by atoms with Gasteiger partial charge in [0, 0.05) is 30.1 Å². The average Bonchev–Trinajstić information content (AvgIpc) is 3.05. The molecule has 1 unspecified atom stereocenters. The summed E-state index contributed by atoms with van der Waals surface area (Å²) >= 11 is 0. The summed E-state index contributed by atoms with van der Waals surface area (Å²) in [6, 6.07) is 7.70. The molecule has 1 aromatic heterocycles. The Labute approximate surface area is 179 Å². The van der Waals surface area contributed by atoms with E-state index in [9.17, 15) is 24.8 Å². The van der Waals surface area contributed by atoms with E-state index in [1.54, 1.807) is 6.07 Å². The zero-order valence-electron chi connectivity index (χ0n) is 17.4. The molecule has 1 aliphatic heterocycles. The molecule has 31 heavy (non-hydrogen) atoms. The minimum Gasteiger partial charge on any atom is -0.872 e. The molecule has 0 aliphatic carbocycles. The van der Waals surface area contributed by atoms with Crippen molar-refractivity contribution < 1.29 is 24.5 Å². The second kappa shape index (κ2) is 9.48. The quantitative estimate of drug-likeness (QED) is 0.212. The van der Waals surface area contributed by atoms with Crippen molar-refractivity contribution in [2.24, 2.45) is 0 Å². The van der Waals surface area contributed by atoms with E-state index in [1.165, 1.54) is 52.5 Å². The first-order valence-corrected chi connectivity index (χ1v) is 10.1. The maximum absolute atomic E-state index is 13.2. The van der Waals surface area contributed by atoms with E-state index in [-0.39, 0.29) is 23.4 Å². The lowest BCUT2D eigenvalue weighted by molar-refractivity contribution is -0.895. The van der Waals surface area contributed by atoms with Crippen molar-refractivity contribution in [1.29, 1.82) is 0 Å². The number of likely N-dealkylation sites (N-methyl/N-ethyl adjacent to an activating group) is 1. The van der Waals surface area contributed by atoms with Gasteiger partial charge in [-0.3, -0.25) is 24.7 Å². The molecular weight excluding hydrogens is 400 g/mol. The number of nitrogens with one attached hydrogen (secondary N) is 1. The van der Waals surface area contributed by atoms with E-state index in [0.29, 0.717) is 12.1 Å². The highest BCUT2D eigenvalue weighted by Gasteiger charge is 2.44. The van der Waals surface area contributed by atoms with E-state index in [2.05, 4.69) is 4.98 Å². The van der Waals surface area contributed by atoms with Gasteiger partial charge in [0.1, 0.15) is 0 Å². The highest BCUT2D eigenvalue weighted by atomic mass is 16.6. The molecule has 9 heteroatoms. The highest BCUT2D eigenvalue weighted by molar-refractivity contribution is 6.46. The van der Waals surface area contributed by atoms with Gasteiger partial charge < -0.3 is 14.9 Å². The molecule has 0 saturated carbocycles. The van der Waals surface area contributed by atoms with Crippen molar-refractivity contribution in [2.75, 3.05) is 26.2 Å². The molecular formula is C22H24N4O5. The van der Waals surface area contributed by atoms with Gasteiger partial charge in [-0.1, -0.05) is 17.9 Å². The zero-order chi connectivity index (χ0) is 22.5. The van der Waals surface area contributed by atoms with Crippen LogP contribution in [0.1, 0.15) is 31.0 Å². The number of hydrogen-bond acceptors (Lipinski definition) is 6. The summed E-state index contributed by atoms with van der Waals surface area (Å²) in [7, 11) is 0. The number of non-ortho nitro benzene ring substituents is 1. The molecule has 2 heterocycles. The predicted molar refractivity (Wildman–Crippen MR) is 111 cm³/mol. The Kier molecular flexibility index (Phi) is 6.76. The number of nitro groups is 1. The maximum Gasteiger partial charge on any atom is 0.295 e. The molecule has 162 valence electrons. The van der Waals surface area contributed by atoms with Crippen LogP contribution >= 0.6 is 0 Å². The maximum atomic E-state index is 13.2. The number of Topliss-reactive ketones (excluding diaryl/α,β-unsaturated/α-hetero) is 1. The summed E-state index contributed by atoms with van der Waals surface area (Å²) in [5.41, 5.74) is 0.235. The summed E-state index contributed by atoms with van der Waals surface area (Å²) < 4.78 is 0. The Balaban J connectivity index is 2.13. The van der Waals surface area contributed by atoms with Gasteiger partial charge in [-0.05, 0) is 37.1 Å². The first-order chi connectivity index (χ1) is 14.9. The molecule has 1 saturated heterocycles. The number of benzene rings is 1. The number of nitro benzene ring substituents is 1. The number of hydrogen-bond donors (Lipinski definition) is 1. The van der Waals surface area contributed by atoms with Crippen molar-refractivity contribution >= 4 is 23.1 Å². The van der Waals surface area contributed by atoms with E-state index < -0.39 is 28.4 Å². The Hall–Kier alpha value is -3.59. The van der Waals surface area contributed by atoms with Crippen LogP contribution in [0.2, 0.25) is 0 Å². The lowest BCUT2D eigenvalue weighted by Gasteiger charge is -2.28. The van der Waals surface area contributed by atoms with Crippen LogP contribution in [0.15, 0.2) is 54.4 Å². The molecule has 3 rings (SSSR count). The van der Waals surface area contributed by atoms with Gasteiger partial charge in [0.05, 0.1) is 37.1 Å². The number of carbonyl (C=O) groups is 2. The molecule has 1 amide bonds. The average molecular weight is 424 g/mol. The largest absolute Gasteiger partial charge is 0.872 e. The van der Waals surface area contributed by atoms with Crippen LogP contribution in [-0.2, 0) is 9.59 Å².